The van der Waals surface area contributed by atoms with Gasteiger partial charge in [0.05, 0.1) is 0 Å². The molecule has 0 heterocycles. The van der Waals surface area contributed by atoms with E-state index >= 15 is 0 Å². The molecule has 0 fully saturated rings. The maximum atomic E-state index is 10.7. The standard InChI is InChI=1S/C26H18O4/c27-13-1-3-17-5-9-21-19(15-17)7-11-23(29)25(21)26-22-10-6-18(4-2-14-28)16-20(22)8-12-24(26)30/h1-16,29-30H/b3-1+,4-2+. The van der Waals surface area contributed by atoms with Crippen molar-refractivity contribution in [2.75, 3.05) is 0 Å². The predicted octanol–water partition coefficient (Wildman–Crippen LogP) is 5.50. The van der Waals surface area contributed by atoms with Gasteiger partial charge in [0.25, 0.3) is 0 Å². The molecule has 4 aromatic carbocycles. The molecule has 146 valence electrons. The molecule has 30 heavy (non-hydrogen) atoms. The summed E-state index contributed by atoms with van der Waals surface area (Å²) in [5.74, 6) is 0.123. The Bertz CT molecular complexity index is 1240. The lowest BCUT2D eigenvalue weighted by molar-refractivity contribution is -0.104. The quantitative estimate of drug-likeness (QED) is 0.346. The SMILES string of the molecule is O=C/C=C/c1ccc2c(-c3c(O)ccc4cc(/C=C/C=O)ccc34)c(O)ccc2c1. The number of benzene rings is 4. The third-order valence-electron chi connectivity index (χ3n) is 5.03. The number of phenolic OH excluding ortho intramolecular Hbond substituents is 2. The summed E-state index contributed by atoms with van der Waals surface area (Å²) < 4.78 is 0. The average molecular weight is 394 g/mol. The first-order valence-corrected chi connectivity index (χ1v) is 9.38. The van der Waals surface area contributed by atoms with Crippen LogP contribution < -0.4 is 0 Å². The van der Waals surface area contributed by atoms with Crippen LogP contribution in [0.1, 0.15) is 11.1 Å². The van der Waals surface area contributed by atoms with E-state index in [2.05, 4.69) is 0 Å². The summed E-state index contributed by atoms with van der Waals surface area (Å²) in [6, 6.07) is 18.1. The molecule has 4 rings (SSSR count). The van der Waals surface area contributed by atoms with Crippen molar-refractivity contribution >= 4 is 46.3 Å². The van der Waals surface area contributed by atoms with Crippen molar-refractivity contribution in [2.24, 2.45) is 0 Å². The Hall–Kier alpha value is -4.18. The summed E-state index contributed by atoms with van der Waals surface area (Å²) in [5.41, 5.74) is 2.80. The molecule has 4 heteroatoms. The van der Waals surface area contributed by atoms with Crippen LogP contribution in [0.3, 0.4) is 0 Å². The molecule has 0 amide bonds. The average Bonchev–Trinajstić information content (AvgIpc) is 2.77. The van der Waals surface area contributed by atoms with Crippen LogP contribution in [0.25, 0.3) is 44.8 Å². The first-order chi connectivity index (χ1) is 14.6. The van der Waals surface area contributed by atoms with Crippen LogP contribution in [0.5, 0.6) is 11.5 Å². The molecule has 0 aliphatic heterocycles. The van der Waals surface area contributed by atoms with Crippen LogP contribution in [0, 0.1) is 0 Å². The molecule has 0 aliphatic carbocycles. The molecule has 0 bridgehead atoms. The number of aldehydes is 2. The summed E-state index contributed by atoms with van der Waals surface area (Å²) in [6.07, 6.45) is 7.72. The highest BCUT2D eigenvalue weighted by atomic mass is 16.3. The highest BCUT2D eigenvalue weighted by molar-refractivity contribution is 6.10. The fourth-order valence-corrected chi connectivity index (χ4v) is 3.71. The number of allylic oxidation sites excluding steroid dienone is 2. The third-order valence-corrected chi connectivity index (χ3v) is 5.03. The van der Waals surface area contributed by atoms with E-state index in [1.54, 1.807) is 36.4 Å². The highest BCUT2D eigenvalue weighted by Gasteiger charge is 2.17. The number of rotatable bonds is 5. The van der Waals surface area contributed by atoms with Crippen LogP contribution >= 0.6 is 0 Å². The zero-order valence-corrected chi connectivity index (χ0v) is 15.9. The van der Waals surface area contributed by atoms with E-state index in [9.17, 15) is 19.8 Å². The van der Waals surface area contributed by atoms with Gasteiger partial charge >= 0.3 is 0 Å². The van der Waals surface area contributed by atoms with Gasteiger partial charge in [0.15, 0.2) is 0 Å². The Labute approximate surface area is 173 Å². The molecule has 0 unspecified atom stereocenters. The van der Waals surface area contributed by atoms with Crippen molar-refractivity contribution in [1.29, 1.82) is 0 Å². The largest absolute Gasteiger partial charge is 0.507 e. The second-order valence-electron chi connectivity index (χ2n) is 6.87. The number of hydrogen-bond acceptors (Lipinski definition) is 4. The maximum Gasteiger partial charge on any atom is 0.142 e. The van der Waals surface area contributed by atoms with Gasteiger partial charge in [-0.1, -0.05) is 48.6 Å². The number of phenols is 2. The predicted molar refractivity (Wildman–Crippen MR) is 120 cm³/mol. The van der Waals surface area contributed by atoms with E-state index in [-0.39, 0.29) is 11.5 Å². The summed E-state index contributed by atoms with van der Waals surface area (Å²) in [6.45, 7) is 0. The monoisotopic (exact) mass is 394 g/mol. The number of carbonyl (C=O) groups excluding carboxylic acids is 2. The van der Waals surface area contributed by atoms with Gasteiger partial charge in [-0.2, -0.15) is 0 Å². The van der Waals surface area contributed by atoms with Gasteiger partial charge in [-0.3, -0.25) is 9.59 Å². The minimum Gasteiger partial charge on any atom is -0.507 e. The van der Waals surface area contributed by atoms with E-state index in [0.29, 0.717) is 11.1 Å². The Morgan fingerprint density at radius 2 is 1.00 bits per heavy atom. The van der Waals surface area contributed by atoms with Gasteiger partial charge in [-0.15, -0.1) is 0 Å². The van der Waals surface area contributed by atoms with Crippen molar-refractivity contribution in [3.8, 4) is 22.6 Å². The molecule has 0 spiro atoms. The van der Waals surface area contributed by atoms with Crippen molar-refractivity contribution in [3.63, 3.8) is 0 Å². The van der Waals surface area contributed by atoms with Gasteiger partial charge < -0.3 is 10.2 Å². The van der Waals surface area contributed by atoms with Gasteiger partial charge in [-0.25, -0.2) is 0 Å². The first kappa shape index (κ1) is 19.2. The molecule has 0 atom stereocenters. The zero-order valence-electron chi connectivity index (χ0n) is 15.9. The van der Waals surface area contributed by atoms with Crippen molar-refractivity contribution in [3.05, 3.63) is 83.9 Å². The van der Waals surface area contributed by atoms with E-state index in [1.807, 2.05) is 36.4 Å². The summed E-state index contributed by atoms with van der Waals surface area (Å²) >= 11 is 0. The smallest absolute Gasteiger partial charge is 0.142 e. The zero-order chi connectivity index (χ0) is 21.1. The summed E-state index contributed by atoms with van der Waals surface area (Å²) in [5, 5.41) is 24.7. The summed E-state index contributed by atoms with van der Waals surface area (Å²) in [4.78, 5) is 21.2. The lowest BCUT2D eigenvalue weighted by Crippen LogP contribution is -1.88. The lowest BCUT2D eigenvalue weighted by atomic mass is 9.91. The van der Waals surface area contributed by atoms with E-state index < -0.39 is 0 Å². The number of carbonyl (C=O) groups is 2. The highest BCUT2D eigenvalue weighted by Crippen LogP contribution is 2.44. The van der Waals surface area contributed by atoms with E-state index in [0.717, 1.165) is 45.2 Å². The lowest BCUT2D eigenvalue weighted by Gasteiger charge is -2.15. The maximum absolute atomic E-state index is 10.7. The van der Waals surface area contributed by atoms with Crippen molar-refractivity contribution in [2.45, 2.75) is 0 Å². The van der Waals surface area contributed by atoms with E-state index in [4.69, 9.17) is 0 Å². The van der Waals surface area contributed by atoms with Crippen LogP contribution in [0.2, 0.25) is 0 Å². The van der Waals surface area contributed by atoms with Gasteiger partial charge in [-0.05, 0) is 69.1 Å². The molecule has 0 saturated heterocycles. The van der Waals surface area contributed by atoms with Gasteiger partial charge in [0.2, 0.25) is 0 Å². The number of aromatic hydroxyl groups is 2. The van der Waals surface area contributed by atoms with Crippen molar-refractivity contribution < 1.29 is 19.8 Å². The Kier molecular flexibility index (Phi) is 5.14. The molecule has 4 nitrogen and oxygen atoms in total. The molecule has 4 aromatic rings. The van der Waals surface area contributed by atoms with Crippen molar-refractivity contribution in [1.82, 2.24) is 0 Å². The first-order valence-electron chi connectivity index (χ1n) is 9.38. The number of hydrogen-bond donors (Lipinski definition) is 2. The van der Waals surface area contributed by atoms with Crippen LogP contribution in [0.4, 0.5) is 0 Å². The molecule has 2 N–H and O–H groups in total. The molecular weight excluding hydrogens is 376 g/mol. The van der Waals surface area contributed by atoms with Crippen LogP contribution in [-0.4, -0.2) is 22.8 Å². The third kappa shape index (κ3) is 3.47. The summed E-state index contributed by atoms with van der Waals surface area (Å²) in [7, 11) is 0. The molecule has 0 aromatic heterocycles. The molecular formula is C26H18O4. The Morgan fingerprint density at radius 3 is 1.40 bits per heavy atom. The fourth-order valence-electron chi connectivity index (χ4n) is 3.71. The van der Waals surface area contributed by atoms with Gasteiger partial charge in [0, 0.05) is 11.1 Å². The molecule has 0 saturated carbocycles. The van der Waals surface area contributed by atoms with Crippen LogP contribution in [0.15, 0.2) is 72.8 Å². The molecule has 0 radical (unpaired) electrons. The second kappa shape index (κ2) is 8.05. The minimum absolute atomic E-state index is 0.0615. The Morgan fingerprint density at radius 1 is 0.567 bits per heavy atom. The topological polar surface area (TPSA) is 74.6 Å². The molecule has 0 aliphatic rings. The van der Waals surface area contributed by atoms with Gasteiger partial charge in [0.1, 0.15) is 24.1 Å². The number of fused-ring (bicyclic) bond motifs is 2. The minimum atomic E-state index is 0.0615. The second-order valence-corrected chi connectivity index (χ2v) is 6.87. The van der Waals surface area contributed by atoms with E-state index in [1.165, 1.54) is 12.2 Å². The van der Waals surface area contributed by atoms with Crippen LogP contribution in [-0.2, 0) is 9.59 Å². The fraction of sp³-hybridized carbons (Fsp3) is 0. The normalized spacial score (nSPS) is 11.6. The Balaban J connectivity index is 1.99.